The molecular formula is C13H21N2O2+. The van der Waals surface area contributed by atoms with Crippen molar-refractivity contribution in [3.8, 4) is 5.75 Å². The van der Waals surface area contributed by atoms with Crippen molar-refractivity contribution in [3.05, 3.63) is 23.8 Å². The molecule has 0 spiro atoms. The van der Waals surface area contributed by atoms with Crippen molar-refractivity contribution in [3.63, 3.8) is 0 Å². The van der Waals surface area contributed by atoms with Gasteiger partial charge in [0.2, 0.25) is 0 Å². The maximum atomic E-state index is 11.4. The number of hydrogen-bond acceptors (Lipinski definition) is 2. The van der Waals surface area contributed by atoms with Gasteiger partial charge >= 0.3 is 6.09 Å². The summed E-state index contributed by atoms with van der Waals surface area (Å²) in [6.45, 7) is 1.94. The van der Waals surface area contributed by atoms with E-state index in [1.165, 1.54) is 10.6 Å². The molecule has 1 aromatic rings. The van der Waals surface area contributed by atoms with Gasteiger partial charge in [0.1, 0.15) is 11.4 Å². The normalized spacial score (nSPS) is 11.2. The van der Waals surface area contributed by atoms with Gasteiger partial charge in [-0.3, -0.25) is 4.48 Å². The Morgan fingerprint density at radius 2 is 1.82 bits per heavy atom. The van der Waals surface area contributed by atoms with Crippen LogP contribution in [0, 0.1) is 6.92 Å². The van der Waals surface area contributed by atoms with Gasteiger partial charge in [-0.2, -0.15) is 0 Å². The molecule has 17 heavy (non-hydrogen) atoms. The molecule has 0 fully saturated rings. The van der Waals surface area contributed by atoms with Crippen LogP contribution in [0.1, 0.15) is 5.56 Å². The number of benzene rings is 1. The van der Waals surface area contributed by atoms with Crippen LogP contribution in [0.15, 0.2) is 18.2 Å². The molecule has 0 radical (unpaired) electrons. The van der Waals surface area contributed by atoms with Crippen LogP contribution < -0.4 is 9.22 Å². The second kappa shape index (κ2) is 4.75. The second-order valence-electron chi connectivity index (χ2n) is 5.22. The van der Waals surface area contributed by atoms with Crippen LogP contribution in [0.5, 0.6) is 5.75 Å². The summed E-state index contributed by atoms with van der Waals surface area (Å²) in [5.41, 5.74) is 2.14. The minimum absolute atomic E-state index is 0.355. The van der Waals surface area contributed by atoms with Crippen LogP contribution in [0.25, 0.3) is 0 Å². The molecule has 4 heteroatoms. The first-order valence-corrected chi connectivity index (χ1v) is 5.53. The lowest BCUT2D eigenvalue weighted by atomic mass is 10.2. The Balaban J connectivity index is 2.95. The van der Waals surface area contributed by atoms with Crippen molar-refractivity contribution in [2.75, 3.05) is 35.2 Å². The third kappa shape index (κ3) is 3.46. The van der Waals surface area contributed by atoms with E-state index in [0.29, 0.717) is 5.75 Å². The minimum atomic E-state index is -0.355. The largest absolute Gasteiger partial charge is 0.414 e. The highest BCUT2D eigenvalue weighted by molar-refractivity contribution is 5.70. The summed E-state index contributed by atoms with van der Waals surface area (Å²) in [6, 6.07) is 5.86. The van der Waals surface area contributed by atoms with Crippen LogP contribution >= 0.6 is 0 Å². The van der Waals surface area contributed by atoms with E-state index in [1.54, 1.807) is 14.1 Å². The van der Waals surface area contributed by atoms with E-state index in [4.69, 9.17) is 4.74 Å². The third-order valence-electron chi connectivity index (χ3n) is 2.50. The second-order valence-corrected chi connectivity index (χ2v) is 5.22. The van der Waals surface area contributed by atoms with Gasteiger partial charge in [-0.15, -0.1) is 0 Å². The number of carbonyl (C=O) groups is 1. The van der Waals surface area contributed by atoms with E-state index in [2.05, 4.69) is 21.1 Å². The number of quaternary nitrogens is 1. The first kappa shape index (κ1) is 13.5. The van der Waals surface area contributed by atoms with Gasteiger partial charge in [0.15, 0.2) is 0 Å². The van der Waals surface area contributed by atoms with Crippen molar-refractivity contribution in [1.82, 2.24) is 9.38 Å². The summed E-state index contributed by atoms with van der Waals surface area (Å²) in [4.78, 5) is 12.9. The predicted molar refractivity (Wildman–Crippen MR) is 70.5 cm³/mol. The van der Waals surface area contributed by atoms with Crippen LogP contribution in [0.2, 0.25) is 0 Å². The lowest BCUT2D eigenvalue weighted by Crippen LogP contribution is -2.34. The molecule has 0 aliphatic heterocycles. The van der Waals surface area contributed by atoms with E-state index in [9.17, 15) is 4.79 Å². The maximum Gasteiger partial charge on any atom is 0.414 e. The summed E-state index contributed by atoms with van der Waals surface area (Å²) >= 11 is 0. The van der Waals surface area contributed by atoms with E-state index in [-0.39, 0.29) is 6.09 Å². The van der Waals surface area contributed by atoms with E-state index < -0.39 is 0 Å². The molecular weight excluding hydrogens is 216 g/mol. The van der Waals surface area contributed by atoms with Gasteiger partial charge in [-0.1, -0.05) is 0 Å². The molecule has 1 amide bonds. The standard InChI is InChI=1S/C13H21N2O2/c1-10-9-11(15(4,5)6)7-8-12(10)17-13(16)14(2)3/h7-9H,1-6H3/q+1. The van der Waals surface area contributed by atoms with Crippen molar-refractivity contribution in [2.24, 2.45) is 0 Å². The molecule has 1 rings (SSSR count). The Kier molecular flexibility index (Phi) is 3.78. The molecule has 0 aliphatic carbocycles. The lowest BCUT2D eigenvalue weighted by molar-refractivity contribution is 0.171. The van der Waals surface area contributed by atoms with Crippen molar-refractivity contribution >= 4 is 11.8 Å². The smallest absolute Gasteiger partial charge is 0.410 e. The molecule has 0 unspecified atom stereocenters. The summed E-state index contributed by atoms with van der Waals surface area (Å²) in [6.07, 6.45) is -0.355. The van der Waals surface area contributed by atoms with Gasteiger partial charge in [-0.25, -0.2) is 4.79 Å². The lowest BCUT2D eigenvalue weighted by Gasteiger charge is -2.24. The molecule has 0 aromatic heterocycles. The molecule has 0 saturated heterocycles. The van der Waals surface area contributed by atoms with Crippen LogP contribution in [-0.2, 0) is 0 Å². The predicted octanol–water partition coefficient (Wildman–Crippen LogP) is 2.25. The number of nitrogens with zero attached hydrogens (tertiary/aromatic N) is 2. The SMILES string of the molecule is Cc1cc([N+](C)(C)C)ccc1OC(=O)N(C)C. The molecule has 1 aromatic carbocycles. The topological polar surface area (TPSA) is 29.5 Å². The van der Waals surface area contributed by atoms with Gasteiger partial charge in [0.05, 0.1) is 21.1 Å². The molecule has 0 heterocycles. The zero-order valence-corrected chi connectivity index (χ0v) is 11.4. The quantitative estimate of drug-likeness (QED) is 0.738. The monoisotopic (exact) mass is 237 g/mol. The fourth-order valence-corrected chi connectivity index (χ4v) is 1.35. The van der Waals surface area contributed by atoms with Crippen molar-refractivity contribution in [1.29, 1.82) is 0 Å². The van der Waals surface area contributed by atoms with Gasteiger partial charge < -0.3 is 9.64 Å². The van der Waals surface area contributed by atoms with Crippen LogP contribution in [-0.4, -0.2) is 46.2 Å². The molecule has 0 saturated carbocycles. The first-order valence-electron chi connectivity index (χ1n) is 5.53. The molecule has 0 atom stereocenters. The number of ether oxygens (including phenoxy) is 1. The average Bonchev–Trinajstić information content (AvgIpc) is 2.19. The Morgan fingerprint density at radius 1 is 1.24 bits per heavy atom. The number of carbonyl (C=O) groups excluding carboxylic acids is 1. The van der Waals surface area contributed by atoms with Crippen LogP contribution in [0.3, 0.4) is 0 Å². The van der Waals surface area contributed by atoms with E-state index >= 15 is 0 Å². The van der Waals surface area contributed by atoms with Gasteiger partial charge in [0, 0.05) is 26.2 Å². The Hall–Kier alpha value is -1.55. The fraction of sp³-hybridized carbons (Fsp3) is 0.462. The Morgan fingerprint density at radius 3 is 2.24 bits per heavy atom. The third-order valence-corrected chi connectivity index (χ3v) is 2.50. The van der Waals surface area contributed by atoms with Gasteiger partial charge in [0.25, 0.3) is 0 Å². The summed E-state index contributed by atoms with van der Waals surface area (Å²) < 4.78 is 5.99. The molecule has 94 valence electrons. The van der Waals surface area contributed by atoms with Gasteiger partial charge in [-0.05, 0) is 18.6 Å². The summed E-state index contributed by atoms with van der Waals surface area (Å²) in [5, 5.41) is 0. The Labute approximate surface area is 103 Å². The molecule has 0 N–H and O–H groups in total. The van der Waals surface area contributed by atoms with E-state index in [0.717, 1.165) is 10.0 Å². The molecule has 0 aliphatic rings. The number of hydrogen-bond donors (Lipinski definition) is 0. The van der Waals surface area contributed by atoms with Crippen molar-refractivity contribution in [2.45, 2.75) is 6.92 Å². The molecule has 0 bridgehead atoms. The highest BCUT2D eigenvalue weighted by Crippen LogP contribution is 2.26. The highest BCUT2D eigenvalue weighted by Gasteiger charge is 2.15. The Bertz CT molecular complexity index is 420. The van der Waals surface area contributed by atoms with E-state index in [1.807, 2.05) is 25.1 Å². The summed E-state index contributed by atoms with van der Waals surface area (Å²) in [5.74, 6) is 0.612. The first-order chi connectivity index (χ1) is 7.71. The number of rotatable bonds is 2. The maximum absolute atomic E-state index is 11.4. The number of aryl methyl sites for hydroxylation is 1. The molecule has 4 nitrogen and oxygen atoms in total. The fourth-order valence-electron chi connectivity index (χ4n) is 1.35. The zero-order valence-electron chi connectivity index (χ0n) is 11.4. The van der Waals surface area contributed by atoms with Crippen LogP contribution in [0.4, 0.5) is 10.5 Å². The zero-order chi connectivity index (χ0) is 13.2. The summed E-state index contributed by atoms with van der Waals surface area (Å²) in [7, 11) is 9.62. The minimum Gasteiger partial charge on any atom is -0.410 e. The average molecular weight is 237 g/mol. The highest BCUT2D eigenvalue weighted by atomic mass is 16.6. The number of amides is 1. The van der Waals surface area contributed by atoms with Crippen molar-refractivity contribution < 1.29 is 9.53 Å².